The predicted molar refractivity (Wildman–Crippen MR) is 81.3 cm³/mol. The largest absolute Gasteiger partial charge is 0.304 e. The number of para-hydroxylation sites is 1. The first-order chi connectivity index (χ1) is 9.72. The molecule has 20 heavy (non-hydrogen) atoms. The minimum Gasteiger partial charge on any atom is -0.304 e. The molecule has 1 N–H and O–H groups in total. The number of hydrogen-bond acceptors (Lipinski definition) is 3. The van der Waals surface area contributed by atoms with Gasteiger partial charge in [-0.1, -0.05) is 24.3 Å². The van der Waals surface area contributed by atoms with Crippen molar-refractivity contribution in [3.63, 3.8) is 0 Å². The van der Waals surface area contributed by atoms with Crippen LogP contribution in [0.2, 0.25) is 0 Å². The first kappa shape index (κ1) is 13.2. The zero-order valence-corrected chi connectivity index (χ0v) is 12.0. The second-order valence-corrected chi connectivity index (χ2v) is 5.84. The Hall–Kier alpha value is -1.78. The van der Waals surface area contributed by atoms with Crippen molar-refractivity contribution in [2.75, 3.05) is 0 Å². The summed E-state index contributed by atoms with van der Waals surface area (Å²) in [5.74, 6) is -0.202. The van der Waals surface area contributed by atoms with Crippen LogP contribution < -0.4 is 5.32 Å². The number of benzene rings is 2. The molecule has 1 aromatic heterocycles. The van der Waals surface area contributed by atoms with Crippen LogP contribution in [0.5, 0.6) is 0 Å². The van der Waals surface area contributed by atoms with E-state index in [2.05, 4.69) is 23.3 Å². The van der Waals surface area contributed by atoms with Crippen LogP contribution in [0.15, 0.2) is 48.5 Å². The fourth-order valence-electron chi connectivity index (χ4n) is 2.11. The molecule has 0 saturated carbocycles. The lowest BCUT2D eigenvalue weighted by molar-refractivity contribution is 0.570. The second kappa shape index (κ2) is 5.69. The van der Waals surface area contributed by atoms with Gasteiger partial charge in [-0.25, -0.2) is 9.37 Å². The van der Waals surface area contributed by atoms with E-state index in [-0.39, 0.29) is 11.9 Å². The Morgan fingerprint density at radius 1 is 1.15 bits per heavy atom. The van der Waals surface area contributed by atoms with Crippen LogP contribution in [-0.4, -0.2) is 4.98 Å². The molecule has 1 atom stereocenters. The molecule has 0 aliphatic rings. The summed E-state index contributed by atoms with van der Waals surface area (Å²) in [6.45, 7) is 2.79. The van der Waals surface area contributed by atoms with Gasteiger partial charge in [-0.3, -0.25) is 0 Å². The van der Waals surface area contributed by atoms with Crippen LogP contribution in [0, 0.1) is 5.82 Å². The lowest BCUT2D eigenvalue weighted by Gasteiger charge is -2.12. The maximum absolute atomic E-state index is 12.9. The van der Waals surface area contributed by atoms with Gasteiger partial charge in [0.05, 0.1) is 10.2 Å². The van der Waals surface area contributed by atoms with E-state index in [1.54, 1.807) is 11.3 Å². The van der Waals surface area contributed by atoms with E-state index in [0.717, 1.165) is 22.6 Å². The van der Waals surface area contributed by atoms with E-state index in [0.29, 0.717) is 0 Å². The summed E-state index contributed by atoms with van der Waals surface area (Å²) in [6, 6.07) is 14.9. The van der Waals surface area contributed by atoms with Gasteiger partial charge in [0.2, 0.25) is 0 Å². The van der Waals surface area contributed by atoms with Crippen LogP contribution >= 0.6 is 11.3 Å². The third-order valence-corrected chi connectivity index (χ3v) is 4.30. The fraction of sp³-hybridized carbons (Fsp3) is 0.188. The Labute approximate surface area is 121 Å². The van der Waals surface area contributed by atoms with Crippen molar-refractivity contribution in [2.24, 2.45) is 0 Å². The third kappa shape index (κ3) is 2.86. The summed E-state index contributed by atoms with van der Waals surface area (Å²) in [7, 11) is 0. The number of nitrogens with one attached hydrogen (secondary N) is 1. The number of halogens is 1. The highest BCUT2D eigenvalue weighted by Gasteiger charge is 2.07. The quantitative estimate of drug-likeness (QED) is 0.774. The molecule has 0 amide bonds. The number of nitrogens with zero attached hydrogens (tertiary/aromatic N) is 1. The minimum atomic E-state index is -0.202. The molecule has 0 bridgehead atoms. The molecule has 2 aromatic carbocycles. The number of thiazole rings is 1. The Morgan fingerprint density at radius 3 is 2.65 bits per heavy atom. The first-order valence-electron chi connectivity index (χ1n) is 6.55. The Balaban J connectivity index is 1.68. The molecule has 0 spiro atoms. The molecule has 2 nitrogen and oxygen atoms in total. The van der Waals surface area contributed by atoms with Gasteiger partial charge in [0.1, 0.15) is 10.8 Å². The average molecular weight is 286 g/mol. The van der Waals surface area contributed by atoms with Gasteiger partial charge in [0.15, 0.2) is 0 Å². The number of aromatic nitrogens is 1. The molecule has 1 heterocycles. The number of hydrogen-bond donors (Lipinski definition) is 1. The molecule has 3 aromatic rings. The number of fused-ring (bicyclic) bond motifs is 1. The summed E-state index contributed by atoms with van der Waals surface area (Å²) >= 11 is 1.70. The molecular weight excluding hydrogens is 271 g/mol. The second-order valence-electron chi connectivity index (χ2n) is 4.73. The van der Waals surface area contributed by atoms with Crippen LogP contribution in [0.25, 0.3) is 10.2 Å². The van der Waals surface area contributed by atoms with E-state index in [9.17, 15) is 4.39 Å². The highest BCUT2D eigenvalue weighted by Crippen LogP contribution is 2.22. The van der Waals surface area contributed by atoms with E-state index in [1.807, 2.05) is 30.3 Å². The number of rotatable bonds is 4. The zero-order chi connectivity index (χ0) is 13.9. The van der Waals surface area contributed by atoms with Gasteiger partial charge in [-0.2, -0.15) is 0 Å². The lowest BCUT2D eigenvalue weighted by atomic mass is 10.1. The maximum Gasteiger partial charge on any atom is 0.123 e. The molecule has 0 aliphatic heterocycles. The van der Waals surface area contributed by atoms with E-state index >= 15 is 0 Å². The Kier molecular flexibility index (Phi) is 3.76. The fourth-order valence-corrected chi connectivity index (χ4v) is 3.02. The summed E-state index contributed by atoms with van der Waals surface area (Å²) < 4.78 is 14.1. The standard InChI is InChI=1S/C16H15FN2S/c1-11(12-6-8-13(17)9-7-12)18-10-16-19-14-4-2-3-5-15(14)20-16/h2-9,11,18H,10H2,1H3/t11-/m1/s1. The molecule has 0 fully saturated rings. The molecular formula is C16H15FN2S. The van der Waals surface area contributed by atoms with Crippen molar-refractivity contribution in [1.29, 1.82) is 0 Å². The van der Waals surface area contributed by atoms with Crippen molar-refractivity contribution >= 4 is 21.6 Å². The van der Waals surface area contributed by atoms with Crippen LogP contribution in [0.4, 0.5) is 4.39 Å². The molecule has 0 unspecified atom stereocenters. The van der Waals surface area contributed by atoms with Crippen molar-refractivity contribution in [1.82, 2.24) is 10.3 Å². The van der Waals surface area contributed by atoms with Gasteiger partial charge in [-0.15, -0.1) is 11.3 Å². The third-order valence-electron chi connectivity index (χ3n) is 3.27. The van der Waals surface area contributed by atoms with Gasteiger partial charge in [-0.05, 0) is 36.8 Å². The Morgan fingerprint density at radius 2 is 1.90 bits per heavy atom. The zero-order valence-electron chi connectivity index (χ0n) is 11.1. The molecule has 0 saturated heterocycles. The molecule has 3 rings (SSSR count). The van der Waals surface area contributed by atoms with Gasteiger partial charge >= 0.3 is 0 Å². The van der Waals surface area contributed by atoms with E-state index in [4.69, 9.17) is 0 Å². The molecule has 4 heteroatoms. The highest BCUT2D eigenvalue weighted by atomic mass is 32.1. The molecule has 102 valence electrons. The van der Waals surface area contributed by atoms with Crippen LogP contribution in [-0.2, 0) is 6.54 Å². The van der Waals surface area contributed by atoms with Crippen molar-refractivity contribution in [3.8, 4) is 0 Å². The summed E-state index contributed by atoms with van der Waals surface area (Å²) in [4.78, 5) is 4.59. The van der Waals surface area contributed by atoms with Crippen molar-refractivity contribution in [2.45, 2.75) is 19.5 Å². The maximum atomic E-state index is 12.9. The summed E-state index contributed by atoms with van der Waals surface area (Å²) in [5, 5.41) is 4.49. The van der Waals surface area contributed by atoms with Crippen molar-refractivity contribution < 1.29 is 4.39 Å². The minimum absolute atomic E-state index is 0.169. The SMILES string of the molecule is C[C@@H](NCc1nc2ccccc2s1)c1ccc(F)cc1. The smallest absolute Gasteiger partial charge is 0.123 e. The average Bonchev–Trinajstić information content (AvgIpc) is 2.88. The topological polar surface area (TPSA) is 24.9 Å². The lowest BCUT2D eigenvalue weighted by Crippen LogP contribution is -2.17. The van der Waals surface area contributed by atoms with E-state index < -0.39 is 0 Å². The predicted octanol–water partition coefficient (Wildman–Crippen LogP) is 4.29. The highest BCUT2D eigenvalue weighted by molar-refractivity contribution is 7.18. The Bertz CT molecular complexity index is 673. The van der Waals surface area contributed by atoms with Gasteiger partial charge in [0.25, 0.3) is 0 Å². The van der Waals surface area contributed by atoms with Gasteiger partial charge in [0, 0.05) is 12.6 Å². The first-order valence-corrected chi connectivity index (χ1v) is 7.37. The summed E-state index contributed by atoms with van der Waals surface area (Å²) in [6.07, 6.45) is 0. The van der Waals surface area contributed by atoms with Crippen LogP contribution in [0.1, 0.15) is 23.5 Å². The van der Waals surface area contributed by atoms with Crippen molar-refractivity contribution in [3.05, 3.63) is 64.9 Å². The van der Waals surface area contributed by atoms with E-state index in [1.165, 1.54) is 16.8 Å². The normalized spacial score (nSPS) is 12.7. The molecule has 0 aliphatic carbocycles. The van der Waals surface area contributed by atoms with Gasteiger partial charge < -0.3 is 5.32 Å². The summed E-state index contributed by atoms with van der Waals surface area (Å²) in [5.41, 5.74) is 2.12. The van der Waals surface area contributed by atoms with Crippen LogP contribution in [0.3, 0.4) is 0 Å². The molecule has 0 radical (unpaired) electrons. The monoisotopic (exact) mass is 286 g/mol.